The van der Waals surface area contributed by atoms with Gasteiger partial charge in [-0.15, -0.1) is 12.3 Å². The topological polar surface area (TPSA) is 40.5 Å². The largest absolute Gasteiger partial charge is 0.481 e. The third kappa shape index (κ3) is 3.24. The van der Waals surface area contributed by atoms with Gasteiger partial charge in [-0.25, -0.2) is 0 Å². The van der Waals surface area contributed by atoms with E-state index in [-0.39, 0.29) is 0 Å². The molecule has 0 aliphatic carbocycles. The summed E-state index contributed by atoms with van der Waals surface area (Å²) in [5.41, 5.74) is -0.511. The molecule has 1 saturated heterocycles. The average Bonchev–Trinajstić information content (AvgIpc) is 2.21. The monoisotopic (exact) mass is 209 g/mol. The molecule has 0 aromatic carbocycles. The van der Waals surface area contributed by atoms with Gasteiger partial charge in [-0.1, -0.05) is 0 Å². The molecule has 1 rings (SSSR count). The highest BCUT2D eigenvalue weighted by molar-refractivity contribution is 5.74. The molecule has 3 heteroatoms. The zero-order valence-electron chi connectivity index (χ0n) is 9.33. The third-order valence-corrected chi connectivity index (χ3v) is 3.27. The average molecular weight is 209 g/mol. The van der Waals surface area contributed by atoms with Gasteiger partial charge in [0, 0.05) is 6.42 Å². The molecule has 0 unspecified atom stereocenters. The van der Waals surface area contributed by atoms with Gasteiger partial charge in [-0.2, -0.15) is 0 Å². The smallest absolute Gasteiger partial charge is 0.309 e. The second-order valence-corrected chi connectivity index (χ2v) is 4.52. The minimum atomic E-state index is -0.661. The van der Waals surface area contributed by atoms with E-state index in [2.05, 4.69) is 10.8 Å². The first-order valence-corrected chi connectivity index (χ1v) is 5.48. The molecule has 1 aliphatic heterocycles. The maximum Gasteiger partial charge on any atom is 0.309 e. The van der Waals surface area contributed by atoms with Crippen LogP contribution in [-0.4, -0.2) is 35.6 Å². The zero-order valence-corrected chi connectivity index (χ0v) is 9.33. The molecule has 84 valence electrons. The molecule has 1 heterocycles. The van der Waals surface area contributed by atoms with Crippen molar-refractivity contribution in [1.29, 1.82) is 0 Å². The van der Waals surface area contributed by atoms with Gasteiger partial charge in [0.2, 0.25) is 0 Å². The second-order valence-electron chi connectivity index (χ2n) is 4.52. The molecule has 3 nitrogen and oxygen atoms in total. The lowest BCUT2D eigenvalue weighted by Gasteiger charge is -2.36. The quantitative estimate of drug-likeness (QED) is 0.564. The number of aliphatic carboxylic acids is 1. The molecule has 15 heavy (non-hydrogen) atoms. The molecule has 0 atom stereocenters. The van der Waals surface area contributed by atoms with E-state index in [0.29, 0.717) is 0 Å². The van der Waals surface area contributed by atoms with Gasteiger partial charge in [-0.05, 0) is 45.8 Å². The maximum absolute atomic E-state index is 11.0. The molecule has 0 aromatic heterocycles. The van der Waals surface area contributed by atoms with Crippen LogP contribution in [0.3, 0.4) is 0 Å². The summed E-state index contributed by atoms with van der Waals surface area (Å²) in [5.74, 6) is 1.96. The summed E-state index contributed by atoms with van der Waals surface area (Å²) in [4.78, 5) is 13.3. The van der Waals surface area contributed by atoms with Gasteiger partial charge in [0.1, 0.15) is 0 Å². The van der Waals surface area contributed by atoms with Crippen LogP contribution in [-0.2, 0) is 4.79 Å². The molecular formula is C12H19NO2. The number of hydrogen-bond acceptors (Lipinski definition) is 2. The Hall–Kier alpha value is -1.01. The van der Waals surface area contributed by atoms with Crippen LogP contribution in [0.5, 0.6) is 0 Å². The van der Waals surface area contributed by atoms with Crippen LogP contribution < -0.4 is 0 Å². The molecule has 1 N–H and O–H groups in total. The highest BCUT2D eigenvalue weighted by atomic mass is 16.4. The van der Waals surface area contributed by atoms with Crippen LogP contribution in [0, 0.1) is 17.8 Å². The van der Waals surface area contributed by atoms with Crippen LogP contribution in [0.2, 0.25) is 0 Å². The first-order chi connectivity index (χ1) is 7.08. The first kappa shape index (κ1) is 12.1. The predicted octanol–water partition coefficient (Wildman–Crippen LogP) is 1.59. The van der Waals surface area contributed by atoms with E-state index < -0.39 is 11.4 Å². The maximum atomic E-state index is 11.0. The standard InChI is InChI=1S/C12H19NO2/c1-3-4-5-8-13-9-6-12(2,7-10-13)11(14)15/h1H,4-10H2,2H3,(H,14,15). The Labute approximate surface area is 91.5 Å². The Kier molecular flexibility index (Phi) is 4.16. The Morgan fingerprint density at radius 2 is 2.13 bits per heavy atom. The number of rotatable bonds is 4. The van der Waals surface area contributed by atoms with Gasteiger partial charge < -0.3 is 10.0 Å². The fourth-order valence-corrected chi connectivity index (χ4v) is 1.89. The van der Waals surface area contributed by atoms with E-state index in [1.807, 2.05) is 6.92 Å². The van der Waals surface area contributed by atoms with Crippen molar-refractivity contribution >= 4 is 5.97 Å². The molecule has 0 radical (unpaired) electrons. The van der Waals surface area contributed by atoms with Crippen molar-refractivity contribution in [3.05, 3.63) is 0 Å². The van der Waals surface area contributed by atoms with Crippen molar-refractivity contribution in [2.24, 2.45) is 5.41 Å². The van der Waals surface area contributed by atoms with Crippen molar-refractivity contribution in [1.82, 2.24) is 4.90 Å². The van der Waals surface area contributed by atoms with Crippen LogP contribution in [0.1, 0.15) is 32.6 Å². The summed E-state index contributed by atoms with van der Waals surface area (Å²) in [5, 5.41) is 9.05. The third-order valence-electron chi connectivity index (χ3n) is 3.27. The number of carboxylic acid groups (broad SMARTS) is 1. The van der Waals surface area contributed by atoms with E-state index >= 15 is 0 Å². The molecule has 1 fully saturated rings. The number of likely N-dealkylation sites (tertiary alicyclic amines) is 1. The molecule has 0 bridgehead atoms. The molecule has 0 amide bonds. The van der Waals surface area contributed by atoms with Crippen molar-refractivity contribution in [2.45, 2.75) is 32.6 Å². The van der Waals surface area contributed by atoms with Gasteiger partial charge in [0.25, 0.3) is 0 Å². The number of nitrogens with zero attached hydrogens (tertiary/aromatic N) is 1. The number of terminal acetylenes is 1. The second kappa shape index (κ2) is 5.18. The summed E-state index contributed by atoms with van der Waals surface area (Å²) >= 11 is 0. The summed E-state index contributed by atoms with van der Waals surface area (Å²) in [6.07, 6.45) is 8.50. The van der Waals surface area contributed by atoms with Crippen molar-refractivity contribution < 1.29 is 9.90 Å². The molecular weight excluding hydrogens is 190 g/mol. The summed E-state index contributed by atoms with van der Waals surface area (Å²) in [6.45, 7) is 4.61. The fourth-order valence-electron chi connectivity index (χ4n) is 1.89. The lowest BCUT2D eigenvalue weighted by Crippen LogP contribution is -2.42. The molecule has 0 saturated carbocycles. The Balaban J connectivity index is 2.30. The zero-order chi connectivity index (χ0) is 11.3. The Morgan fingerprint density at radius 1 is 1.53 bits per heavy atom. The van der Waals surface area contributed by atoms with Crippen LogP contribution >= 0.6 is 0 Å². The van der Waals surface area contributed by atoms with Crippen molar-refractivity contribution in [2.75, 3.05) is 19.6 Å². The Bertz CT molecular complexity index is 259. The molecule has 1 aliphatic rings. The van der Waals surface area contributed by atoms with E-state index in [0.717, 1.165) is 45.3 Å². The predicted molar refractivity (Wildman–Crippen MR) is 59.5 cm³/mol. The summed E-state index contributed by atoms with van der Waals surface area (Å²) in [6, 6.07) is 0. The number of hydrogen-bond donors (Lipinski definition) is 1. The molecule has 0 spiro atoms. The first-order valence-electron chi connectivity index (χ1n) is 5.48. The minimum absolute atomic E-state index is 0.511. The van der Waals surface area contributed by atoms with Crippen LogP contribution in [0.25, 0.3) is 0 Å². The highest BCUT2D eigenvalue weighted by Crippen LogP contribution is 2.30. The van der Waals surface area contributed by atoms with E-state index in [4.69, 9.17) is 11.5 Å². The molecule has 0 aromatic rings. The Morgan fingerprint density at radius 3 is 2.60 bits per heavy atom. The van der Waals surface area contributed by atoms with E-state index in [9.17, 15) is 4.79 Å². The van der Waals surface area contributed by atoms with Gasteiger partial charge >= 0.3 is 5.97 Å². The number of unbranched alkanes of at least 4 members (excludes halogenated alkanes) is 1. The van der Waals surface area contributed by atoms with Crippen LogP contribution in [0.4, 0.5) is 0 Å². The number of piperidine rings is 1. The summed E-state index contributed by atoms with van der Waals surface area (Å²) < 4.78 is 0. The van der Waals surface area contributed by atoms with Crippen LogP contribution in [0.15, 0.2) is 0 Å². The SMILES string of the molecule is C#CCCCN1CCC(C)(C(=O)O)CC1. The van der Waals surface area contributed by atoms with Crippen molar-refractivity contribution in [3.63, 3.8) is 0 Å². The normalized spacial score (nSPS) is 20.8. The highest BCUT2D eigenvalue weighted by Gasteiger charge is 2.36. The summed E-state index contributed by atoms with van der Waals surface area (Å²) in [7, 11) is 0. The van der Waals surface area contributed by atoms with Crippen molar-refractivity contribution in [3.8, 4) is 12.3 Å². The fraction of sp³-hybridized carbons (Fsp3) is 0.750. The lowest BCUT2D eigenvalue weighted by molar-refractivity contribution is -0.150. The van der Waals surface area contributed by atoms with E-state index in [1.165, 1.54) is 0 Å². The van der Waals surface area contributed by atoms with Gasteiger partial charge in [0.15, 0.2) is 0 Å². The number of carboxylic acids is 1. The number of carbonyl (C=O) groups is 1. The van der Waals surface area contributed by atoms with Gasteiger partial charge in [-0.3, -0.25) is 4.79 Å². The lowest BCUT2D eigenvalue weighted by atomic mass is 9.80. The van der Waals surface area contributed by atoms with Gasteiger partial charge in [0.05, 0.1) is 5.41 Å². The van der Waals surface area contributed by atoms with E-state index in [1.54, 1.807) is 0 Å². The minimum Gasteiger partial charge on any atom is -0.481 e.